The summed E-state index contributed by atoms with van der Waals surface area (Å²) in [4.78, 5) is 53.0. The van der Waals surface area contributed by atoms with Gasteiger partial charge in [-0.1, -0.05) is 32.0 Å². The first-order chi connectivity index (χ1) is 17.6. The average molecular weight is 519 g/mol. The number of carboxylic acid groups (broad SMARTS) is 1. The number of benzene rings is 1. The second-order valence-corrected chi connectivity index (χ2v) is 9.33. The lowest BCUT2D eigenvalue weighted by Crippen LogP contribution is -2.59. The molecule has 0 saturated heterocycles. The molecule has 0 aliphatic rings. The van der Waals surface area contributed by atoms with Crippen molar-refractivity contribution < 1.29 is 29.4 Å². The number of nitrogens with one attached hydrogen (secondary N) is 4. The monoisotopic (exact) mass is 518 g/mol. The Bertz CT molecular complexity index is 1070. The Morgan fingerprint density at radius 1 is 0.973 bits per heavy atom. The van der Waals surface area contributed by atoms with Gasteiger partial charge in [-0.25, -0.2) is 4.79 Å². The van der Waals surface area contributed by atoms with Gasteiger partial charge in [-0.15, -0.1) is 0 Å². The zero-order valence-corrected chi connectivity index (χ0v) is 21.2. The number of carboxylic acids is 1. The van der Waals surface area contributed by atoms with Gasteiger partial charge < -0.3 is 42.6 Å². The van der Waals surface area contributed by atoms with Gasteiger partial charge in [0.15, 0.2) is 0 Å². The molecular weight excluding hydrogens is 480 g/mol. The summed E-state index contributed by atoms with van der Waals surface area (Å²) in [7, 11) is 0. The normalized spacial score (nSPS) is 14.5. The lowest BCUT2D eigenvalue weighted by Gasteiger charge is -2.26. The minimum atomic E-state index is -1.40. The van der Waals surface area contributed by atoms with Gasteiger partial charge in [0.1, 0.15) is 18.1 Å². The predicted molar refractivity (Wildman–Crippen MR) is 138 cm³/mol. The van der Waals surface area contributed by atoms with E-state index >= 15 is 0 Å². The van der Waals surface area contributed by atoms with Crippen molar-refractivity contribution in [2.24, 2.45) is 17.4 Å². The molecular formula is C25H38N6O6. The zero-order chi connectivity index (χ0) is 27.5. The van der Waals surface area contributed by atoms with Gasteiger partial charge in [-0.2, -0.15) is 0 Å². The van der Waals surface area contributed by atoms with Crippen molar-refractivity contribution in [2.45, 2.75) is 63.7 Å². The summed E-state index contributed by atoms with van der Waals surface area (Å²) in [6.45, 7) is 3.05. The van der Waals surface area contributed by atoms with Gasteiger partial charge in [0.25, 0.3) is 0 Å². The number of nitrogens with two attached hydrogens (primary N) is 2. The van der Waals surface area contributed by atoms with Crippen LogP contribution in [-0.2, 0) is 25.6 Å². The smallest absolute Gasteiger partial charge is 0.326 e. The van der Waals surface area contributed by atoms with E-state index in [0.717, 1.165) is 16.5 Å². The number of aliphatic hydroxyl groups is 1. The number of fused-ring (bicyclic) bond motifs is 1. The van der Waals surface area contributed by atoms with E-state index in [4.69, 9.17) is 11.5 Å². The molecule has 2 aromatic rings. The molecule has 1 aromatic heterocycles. The Hall–Kier alpha value is -3.48. The topological polar surface area (TPSA) is 213 Å². The Balaban J connectivity index is 2.00. The van der Waals surface area contributed by atoms with Crippen LogP contribution >= 0.6 is 0 Å². The zero-order valence-electron chi connectivity index (χ0n) is 21.2. The lowest BCUT2D eigenvalue weighted by molar-refractivity contribution is -0.142. The third kappa shape index (κ3) is 8.55. The third-order valence-corrected chi connectivity index (χ3v) is 6.08. The fourth-order valence-corrected chi connectivity index (χ4v) is 3.90. The van der Waals surface area contributed by atoms with Crippen LogP contribution in [0.5, 0.6) is 0 Å². The van der Waals surface area contributed by atoms with Crippen LogP contribution in [0.3, 0.4) is 0 Å². The van der Waals surface area contributed by atoms with Crippen LogP contribution in [0, 0.1) is 5.92 Å². The SMILES string of the molecule is CC(C)C(NC(=O)C(N)Cc1c[nH]c2ccccc12)C(=O)NC(CO)C(=O)NC(CCCCN)C(=O)O. The minimum Gasteiger partial charge on any atom is -0.480 e. The standard InChI is InChI=1S/C25H38N6O6/c1-14(2)21(31-22(33)17(27)11-15-12-28-18-8-4-3-7-16(15)18)24(35)30-20(13-32)23(34)29-19(25(36)37)9-5-6-10-26/h3-4,7-8,12,14,17,19-21,28,32H,5-6,9-11,13,26-27H2,1-2H3,(H,29,34)(H,30,35)(H,31,33)(H,36,37). The van der Waals surface area contributed by atoms with E-state index in [1.54, 1.807) is 20.0 Å². The molecule has 12 nitrogen and oxygen atoms in total. The largest absolute Gasteiger partial charge is 0.480 e. The van der Waals surface area contributed by atoms with Crippen LogP contribution in [-0.4, -0.2) is 76.2 Å². The molecule has 1 heterocycles. The minimum absolute atomic E-state index is 0.156. The van der Waals surface area contributed by atoms with Gasteiger partial charge in [0.2, 0.25) is 17.7 Å². The number of hydrogen-bond acceptors (Lipinski definition) is 7. The maximum atomic E-state index is 12.9. The molecule has 0 aliphatic carbocycles. The number of para-hydroxylation sites is 1. The van der Waals surface area contributed by atoms with Crippen molar-refractivity contribution in [1.82, 2.24) is 20.9 Å². The van der Waals surface area contributed by atoms with Crippen molar-refractivity contribution in [2.75, 3.05) is 13.2 Å². The molecule has 4 atom stereocenters. The van der Waals surface area contributed by atoms with Gasteiger partial charge in [0, 0.05) is 17.1 Å². The Morgan fingerprint density at radius 3 is 2.27 bits per heavy atom. The van der Waals surface area contributed by atoms with Crippen LogP contribution in [0.2, 0.25) is 0 Å². The number of rotatable bonds is 15. The highest BCUT2D eigenvalue weighted by Gasteiger charge is 2.31. The highest BCUT2D eigenvalue weighted by molar-refractivity contribution is 5.94. The number of unbranched alkanes of at least 4 members (excludes halogenated alkanes) is 1. The first-order valence-corrected chi connectivity index (χ1v) is 12.3. The summed E-state index contributed by atoms with van der Waals surface area (Å²) in [5.41, 5.74) is 13.3. The van der Waals surface area contributed by atoms with Crippen molar-refractivity contribution in [3.8, 4) is 0 Å². The quantitative estimate of drug-likeness (QED) is 0.142. The molecule has 2 rings (SSSR count). The van der Waals surface area contributed by atoms with Crippen LogP contribution in [0.1, 0.15) is 38.7 Å². The number of H-pyrrole nitrogens is 1. The summed E-state index contributed by atoms with van der Waals surface area (Å²) >= 11 is 0. The molecule has 0 aliphatic heterocycles. The van der Waals surface area contributed by atoms with Crippen LogP contribution < -0.4 is 27.4 Å². The van der Waals surface area contributed by atoms with E-state index in [9.17, 15) is 29.4 Å². The number of aromatic amines is 1. The van der Waals surface area contributed by atoms with Crippen molar-refractivity contribution >= 4 is 34.6 Å². The van der Waals surface area contributed by atoms with E-state index in [1.165, 1.54) is 0 Å². The van der Waals surface area contributed by atoms with E-state index in [0.29, 0.717) is 19.4 Å². The number of aliphatic carboxylic acids is 1. The summed E-state index contributed by atoms with van der Waals surface area (Å²) in [6.07, 6.45) is 3.27. The number of carbonyl (C=O) groups excluding carboxylic acids is 3. The van der Waals surface area contributed by atoms with Crippen LogP contribution in [0.4, 0.5) is 0 Å². The molecule has 10 N–H and O–H groups in total. The number of amides is 3. The number of carbonyl (C=O) groups is 4. The van der Waals surface area contributed by atoms with Crippen LogP contribution in [0.15, 0.2) is 30.5 Å². The Kier molecular flexibility index (Phi) is 11.5. The molecule has 0 spiro atoms. The summed E-state index contributed by atoms with van der Waals surface area (Å²) in [5.74, 6) is -3.69. The molecule has 3 amide bonds. The molecule has 4 unspecified atom stereocenters. The van der Waals surface area contributed by atoms with Crippen LogP contribution in [0.25, 0.3) is 10.9 Å². The highest BCUT2D eigenvalue weighted by Crippen LogP contribution is 2.19. The summed E-state index contributed by atoms with van der Waals surface area (Å²) in [5, 5.41) is 27.4. The Morgan fingerprint density at radius 2 is 1.65 bits per heavy atom. The lowest BCUT2D eigenvalue weighted by atomic mass is 10.0. The fourth-order valence-electron chi connectivity index (χ4n) is 3.90. The molecule has 204 valence electrons. The van der Waals surface area contributed by atoms with Gasteiger partial charge >= 0.3 is 5.97 Å². The van der Waals surface area contributed by atoms with E-state index in [2.05, 4.69) is 20.9 Å². The first-order valence-electron chi connectivity index (χ1n) is 12.3. The van der Waals surface area contributed by atoms with Crippen molar-refractivity contribution in [3.63, 3.8) is 0 Å². The molecule has 12 heteroatoms. The second-order valence-electron chi connectivity index (χ2n) is 9.33. The molecule has 1 aromatic carbocycles. The Labute approximate surface area is 215 Å². The maximum Gasteiger partial charge on any atom is 0.326 e. The number of hydrogen-bond donors (Lipinski definition) is 8. The van der Waals surface area contributed by atoms with Gasteiger partial charge in [-0.05, 0) is 49.8 Å². The maximum absolute atomic E-state index is 12.9. The van der Waals surface area contributed by atoms with E-state index < -0.39 is 54.5 Å². The van der Waals surface area contributed by atoms with Gasteiger partial charge in [-0.3, -0.25) is 14.4 Å². The first kappa shape index (κ1) is 29.7. The highest BCUT2D eigenvalue weighted by atomic mass is 16.4. The summed E-state index contributed by atoms with van der Waals surface area (Å²) in [6, 6.07) is 3.05. The molecule has 0 fully saturated rings. The molecule has 0 saturated carbocycles. The fraction of sp³-hybridized carbons (Fsp3) is 0.520. The van der Waals surface area contributed by atoms with E-state index in [-0.39, 0.29) is 18.8 Å². The van der Waals surface area contributed by atoms with Crippen molar-refractivity contribution in [3.05, 3.63) is 36.0 Å². The predicted octanol–water partition coefficient (Wildman–Crippen LogP) is -0.646. The molecule has 0 radical (unpaired) electrons. The molecule has 37 heavy (non-hydrogen) atoms. The summed E-state index contributed by atoms with van der Waals surface area (Å²) < 4.78 is 0. The van der Waals surface area contributed by atoms with E-state index in [1.807, 2.05) is 24.3 Å². The second kappa shape index (κ2) is 14.3. The molecule has 0 bridgehead atoms. The van der Waals surface area contributed by atoms with Crippen molar-refractivity contribution in [1.29, 1.82) is 0 Å². The number of aliphatic hydroxyl groups excluding tert-OH is 1. The average Bonchev–Trinajstić information content (AvgIpc) is 3.27. The van der Waals surface area contributed by atoms with Gasteiger partial charge in [0.05, 0.1) is 12.6 Å². The number of aromatic nitrogens is 1. The third-order valence-electron chi connectivity index (χ3n) is 6.08.